The first-order chi connectivity index (χ1) is 30.7. The molecule has 3 heterocycles. The Hall–Kier alpha value is -3.37. The lowest BCUT2D eigenvalue weighted by Gasteiger charge is -2.42. The Morgan fingerprint density at radius 2 is 1.58 bits per heavy atom. The third kappa shape index (κ3) is 14.3. The van der Waals surface area contributed by atoms with Crippen LogP contribution in [0.3, 0.4) is 0 Å². The fourth-order valence-corrected chi connectivity index (χ4v) is 10.1. The molecule has 0 spiro atoms. The average Bonchev–Trinajstić information content (AvgIpc) is 3.28. The normalized spacial score (nSPS) is 37.8. The van der Waals surface area contributed by atoms with Crippen molar-refractivity contribution in [3.8, 4) is 0 Å². The molecule has 15 atom stereocenters. The molecule has 2 bridgehead atoms. The van der Waals surface area contributed by atoms with Gasteiger partial charge in [-0.25, -0.2) is 4.79 Å². The van der Waals surface area contributed by atoms with Gasteiger partial charge in [-0.15, -0.1) is 0 Å². The van der Waals surface area contributed by atoms with Gasteiger partial charge in [-0.05, 0) is 107 Å². The number of piperidine rings is 1. The molecule has 366 valence electrons. The molecule has 4 rings (SSSR count). The SMILES string of the molecule is COC1C[C@@H]2CC[C@@H](C)[C@@](O)(O2)C(=O)C(=O)N2CCCCC2C(=O)O[C@H]([C@H](C)C[C@@H]2CC[C@@H](O)[C@H](OC)C2)CC(=O)C(C)=CC(C)[C@@H](O)[C@@H](OC)C(=O)[C@H](C)C[C@H](C)C=CC=CC=C1C. The number of carbonyl (C=O) groups is 5. The van der Waals surface area contributed by atoms with E-state index in [4.69, 9.17) is 23.7 Å². The fourth-order valence-electron chi connectivity index (χ4n) is 10.1. The van der Waals surface area contributed by atoms with Crippen molar-refractivity contribution < 1.29 is 63.0 Å². The number of aliphatic hydroxyl groups excluding tert-OH is 2. The summed E-state index contributed by atoms with van der Waals surface area (Å²) < 4.78 is 29.4. The molecule has 3 N–H and O–H groups in total. The van der Waals surface area contributed by atoms with Crippen molar-refractivity contribution in [1.29, 1.82) is 0 Å². The van der Waals surface area contributed by atoms with Gasteiger partial charge in [-0.2, -0.15) is 0 Å². The van der Waals surface area contributed by atoms with Gasteiger partial charge < -0.3 is 43.9 Å². The number of carbonyl (C=O) groups excluding carboxylic acids is 5. The summed E-state index contributed by atoms with van der Waals surface area (Å²) in [4.78, 5) is 71.7. The minimum atomic E-state index is -2.43. The lowest BCUT2D eigenvalue weighted by molar-refractivity contribution is -0.265. The maximum absolute atomic E-state index is 14.4. The van der Waals surface area contributed by atoms with Gasteiger partial charge in [0.05, 0.1) is 30.5 Å². The molecule has 65 heavy (non-hydrogen) atoms. The van der Waals surface area contributed by atoms with Crippen molar-refractivity contribution in [1.82, 2.24) is 4.90 Å². The number of Topliss-reactive ketones (excluding diaryl/α,β-unsaturated/α-hetero) is 3. The number of ketones is 3. The molecule has 0 aromatic heterocycles. The smallest absolute Gasteiger partial charge is 0.329 e. The molecule has 14 heteroatoms. The van der Waals surface area contributed by atoms with Gasteiger partial charge in [-0.1, -0.05) is 71.1 Å². The minimum absolute atomic E-state index is 0.0220. The second-order valence-corrected chi connectivity index (χ2v) is 19.6. The maximum atomic E-state index is 14.4. The van der Waals surface area contributed by atoms with Crippen LogP contribution in [0.15, 0.2) is 47.6 Å². The average molecular weight is 914 g/mol. The van der Waals surface area contributed by atoms with Crippen LogP contribution in [-0.2, 0) is 47.7 Å². The van der Waals surface area contributed by atoms with E-state index in [1.54, 1.807) is 41.1 Å². The van der Waals surface area contributed by atoms with Crippen molar-refractivity contribution >= 4 is 29.2 Å². The van der Waals surface area contributed by atoms with Gasteiger partial charge >= 0.3 is 5.97 Å². The molecule has 1 saturated carbocycles. The third-order valence-corrected chi connectivity index (χ3v) is 14.5. The van der Waals surface area contributed by atoms with E-state index in [1.165, 1.54) is 12.0 Å². The topological polar surface area (TPSA) is 195 Å². The number of cyclic esters (lactones) is 1. The van der Waals surface area contributed by atoms with E-state index in [2.05, 4.69) is 0 Å². The Morgan fingerprint density at radius 1 is 0.862 bits per heavy atom. The first-order valence-electron chi connectivity index (χ1n) is 23.9. The standard InChI is InChI=1S/C51H79NO13/c1-30-16-12-11-13-17-31(2)42(61-8)28-38-21-19-36(7)51(60,65-38)48(57)49(58)52-23-15-14-18-39(52)50(59)64-43(33(4)26-37-20-22-40(53)44(27-37)62-9)29-41(54)32(3)25-35(6)46(56)47(63-10)45(55)34(5)24-30/h11-13,16-17,25,30,33-40,42-44,46-47,53,56,60H,14-15,18-24,26-29H2,1-10H3/t30-,33-,34-,35?,36-,37+,38+,39?,40-,42?,43+,44-,46-,47+,51-/m1/s1. The van der Waals surface area contributed by atoms with Gasteiger partial charge in [-0.3, -0.25) is 19.2 Å². The number of hydrogen-bond donors (Lipinski definition) is 3. The Kier molecular flexibility index (Phi) is 21.0. The third-order valence-electron chi connectivity index (χ3n) is 14.5. The van der Waals surface area contributed by atoms with Gasteiger partial charge in [0.1, 0.15) is 18.2 Å². The van der Waals surface area contributed by atoms with Crippen LogP contribution in [0.1, 0.15) is 126 Å². The Labute approximate surface area is 387 Å². The largest absolute Gasteiger partial charge is 0.460 e. The number of esters is 1. The number of nitrogens with zero attached hydrogens (tertiary/aromatic N) is 1. The molecular formula is C51H79NO13. The predicted molar refractivity (Wildman–Crippen MR) is 245 cm³/mol. The molecule has 0 aromatic rings. The molecule has 4 aliphatic rings. The van der Waals surface area contributed by atoms with Gasteiger partial charge in [0.15, 0.2) is 11.6 Å². The highest BCUT2D eigenvalue weighted by Gasteiger charge is 2.53. The molecule has 0 aromatic carbocycles. The summed E-state index contributed by atoms with van der Waals surface area (Å²) in [5.41, 5.74) is 1.19. The zero-order valence-electron chi connectivity index (χ0n) is 40.6. The number of methoxy groups -OCH3 is 3. The van der Waals surface area contributed by atoms with Crippen LogP contribution < -0.4 is 0 Å². The second-order valence-electron chi connectivity index (χ2n) is 19.6. The molecular weight excluding hydrogens is 835 g/mol. The fraction of sp³-hybridized carbons (Fsp3) is 0.745. The van der Waals surface area contributed by atoms with Gasteiger partial charge in [0, 0.05) is 58.5 Å². The number of aliphatic hydroxyl groups is 3. The van der Waals surface area contributed by atoms with Crippen LogP contribution in [0, 0.1) is 35.5 Å². The van der Waals surface area contributed by atoms with Crippen LogP contribution in [0.4, 0.5) is 0 Å². The van der Waals surface area contributed by atoms with E-state index >= 15 is 0 Å². The Balaban J connectivity index is 1.70. The highest BCUT2D eigenvalue weighted by Crippen LogP contribution is 2.38. The van der Waals surface area contributed by atoms with Crippen LogP contribution in [0.5, 0.6) is 0 Å². The van der Waals surface area contributed by atoms with Crippen molar-refractivity contribution in [2.75, 3.05) is 27.9 Å². The first-order valence-corrected chi connectivity index (χ1v) is 23.9. The summed E-state index contributed by atoms with van der Waals surface area (Å²) in [6.07, 6.45) is 11.2. The molecule has 1 aliphatic carbocycles. The highest BCUT2D eigenvalue weighted by molar-refractivity contribution is 6.39. The minimum Gasteiger partial charge on any atom is -0.460 e. The summed E-state index contributed by atoms with van der Waals surface area (Å²) >= 11 is 0. The van der Waals surface area contributed by atoms with E-state index < -0.39 is 83.9 Å². The second kappa shape index (κ2) is 25.1. The molecule has 0 radical (unpaired) electrons. The lowest BCUT2D eigenvalue weighted by atomic mass is 9.78. The number of fused-ring (bicyclic) bond motifs is 3. The van der Waals surface area contributed by atoms with Crippen LogP contribution >= 0.6 is 0 Å². The Bertz CT molecular complexity index is 1760. The molecule has 3 unspecified atom stereocenters. The van der Waals surface area contributed by atoms with E-state index in [1.807, 2.05) is 58.1 Å². The zero-order chi connectivity index (χ0) is 48.2. The molecule has 3 aliphatic heterocycles. The summed E-state index contributed by atoms with van der Waals surface area (Å²) in [6.45, 7) is 12.7. The lowest BCUT2D eigenvalue weighted by Crippen LogP contribution is -2.61. The molecule has 3 fully saturated rings. The molecule has 14 nitrogen and oxygen atoms in total. The number of allylic oxidation sites excluding steroid dienone is 6. The summed E-state index contributed by atoms with van der Waals surface area (Å²) in [7, 11) is 4.53. The van der Waals surface area contributed by atoms with E-state index in [9.17, 15) is 39.3 Å². The van der Waals surface area contributed by atoms with Gasteiger partial charge in [0.25, 0.3) is 11.7 Å². The first kappa shape index (κ1) is 54.2. The Morgan fingerprint density at radius 3 is 2.26 bits per heavy atom. The number of amides is 1. The van der Waals surface area contributed by atoms with Crippen LogP contribution in [-0.4, -0.2) is 132 Å². The number of ether oxygens (including phenoxy) is 5. The van der Waals surface area contributed by atoms with E-state index in [-0.39, 0.29) is 54.8 Å². The quantitative estimate of drug-likeness (QED) is 0.202. The van der Waals surface area contributed by atoms with Gasteiger partial charge in [0.2, 0.25) is 5.79 Å². The monoisotopic (exact) mass is 914 g/mol. The summed E-state index contributed by atoms with van der Waals surface area (Å²) in [6, 6.07) is -1.14. The van der Waals surface area contributed by atoms with Crippen molar-refractivity contribution in [3.05, 3.63) is 47.6 Å². The molecule has 2 saturated heterocycles. The summed E-state index contributed by atoms with van der Waals surface area (Å²) in [5, 5.41) is 33.9. The summed E-state index contributed by atoms with van der Waals surface area (Å²) in [5.74, 6) is -7.93. The number of rotatable bonds is 6. The zero-order valence-corrected chi connectivity index (χ0v) is 40.6. The number of hydrogen-bond acceptors (Lipinski definition) is 13. The van der Waals surface area contributed by atoms with E-state index in [0.717, 1.165) is 12.0 Å². The van der Waals surface area contributed by atoms with Crippen LogP contribution in [0.25, 0.3) is 0 Å². The highest BCUT2D eigenvalue weighted by atomic mass is 16.6. The molecule has 1 amide bonds. The maximum Gasteiger partial charge on any atom is 0.329 e. The predicted octanol–water partition coefficient (Wildman–Crippen LogP) is 6.18. The van der Waals surface area contributed by atoms with Crippen molar-refractivity contribution in [2.45, 2.75) is 180 Å². The van der Waals surface area contributed by atoms with Crippen molar-refractivity contribution in [2.24, 2.45) is 35.5 Å². The van der Waals surface area contributed by atoms with Crippen molar-refractivity contribution in [3.63, 3.8) is 0 Å². The van der Waals surface area contributed by atoms with E-state index in [0.29, 0.717) is 63.4 Å². The van der Waals surface area contributed by atoms with Crippen LogP contribution in [0.2, 0.25) is 0 Å².